The highest BCUT2D eigenvalue weighted by Crippen LogP contribution is 2.69. The number of hydrogen-bond acceptors (Lipinski definition) is 2. The van der Waals surface area contributed by atoms with Gasteiger partial charge in [-0.1, -0.05) is 55.4 Å². The first-order valence-corrected chi connectivity index (χ1v) is 13.1. The lowest BCUT2D eigenvalue weighted by atomic mass is 9.39. The average molecular weight is 423 g/mol. The van der Waals surface area contributed by atoms with Crippen LogP contribution in [0.2, 0.25) is 0 Å². The monoisotopic (exact) mass is 422 g/mol. The first kappa shape index (κ1) is 19.7. The van der Waals surface area contributed by atoms with Crippen LogP contribution in [0.4, 0.5) is 0 Å². The summed E-state index contributed by atoms with van der Waals surface area (Å²) in [5.41, 5.74) is 8.37. The van der Waals surface area contributed by atoms with E-state index in [0.717, 1.165) is 36.5 Å². The lowest BCUT2D eigenvalue weighted by Crippen LogP contribution is -2.62. The molecule has 7 rings (SSSR count). The quantitative estimate of drug-likeness (QED) is 0.594. The second-order valence-corrected chi connectivity index (χ2v) is 12.3. The highest BCUT2D eigenvalue weighted by molar-refractivity contribution is 7.80. The fourth-order valence-corrected chi connectivity index (χ4v) is 8.77. The van der Waals surface area contributed by atoms with Gasteiger partial charge in [-0.05, 0) is 98.9 Å². The SMILES string of the molecule is NC1CCC(NC(=S)C23CC4CC(c5ccccc5)(CC(C2)C4CC2CC2)C3)CC1. The third-order valence-electron chi connectivity index (χ3n) is 9.78. The number of nitrogens with one attached hydrogen (secondary N) is 1. The van der Waals surface area contributed by atoms with Crippen LogP contribution in [-0.4, -0.2) is 17.1 Å². The van der Waals surface area contributed by atoms with E-state index in [9.17, 15) is 0 Å². The van der Waals surface area contributed by atoms with E-state index in [0.29, 0.717) is 17.5 Å². The molecule has 4 bridgehead atoms. The highest BCUT2D eigenvalue weighted by Gasteiger charge is 2.63. The van der Waals surface area contributed by atoms with Gasteiger partial charge in [0.1, 0.15) is 0 Å². The Morgan fingerprint density at radius 2 is 1.60 bits per heavy atom. The molecule has 0 aromatic heterocycles. The molecule has 162 valence electrons. The molecule has 6 aliphatic rings. The Labute approximate surface area is 187 Å². The Balaban J connectivity index is 1.28. The summed E-state index contributed by atoms with van der Waals surface area (Å²) in [6.45, 7) is 0. The van der Waals surface area contributed by atoms with Crippen LogP contribution in [0.5, 0.6) is 0 Å². The maximum atomic E-state index is 6.25. The molecule has 3 N–H and O–H groups in total. The van der Waals surface area contributed by atoms with Crippen molar-refractivity contribution in [3.8, 4) is 0 Å². The van der Waals surface area contributed by atoms with Crippen molar-refractivity contribution in [1.82, 2.24) is 5.32 Å². The van der Waals surface area contributed by atoms with Crippen molar-refractivity contribution in [3.63, 3.8) is 0 Å². The molecule has 6 saturated carbocycles. The number of nitrogens with two attached hydrogens (primary N) is 1. The molecule has 0 saturated heterocycles. The molecule has 2 atom stereocenters. The molecule has 30 heavy (non-hydrogen) atoms. The van der Waals surface area contributed by atoms with Gasteiger partial charge in [0, 0.05) is 17.5 Å². The van der Waals surface area contributed by atoms with Crippen molar-refractivity contribution < 1.29 is 0 Å². The lowest BCUT2D eigenvalue weighted by Gasteiger charge is -2.65. The molecule has 2 unspecified atom stereocenters. The van der Waals surface area contributed by atoms with Gasteiger partial charge in [0.15, 0.2) is 0 Å². The molecule has 1 aromatic carbocycles. The zero-order valence-corrected chi connectivity index (χ0v) is 19.1. The normalized spacial score (nSPS) is 44.8. The molecule has 2 nitrogen and oxygen atoms in total. The fourth-order valence-electron chi connectivity index (χ4n) is 8.37. The molecule has 6 aliphatic carbocycles. The van der Waals surface area contributed by atoms with Gasteiger partial charge in [0.2, 0.25) is 0 Å². The van der Waals surface area contributed by atoms with E-state index in [2.05, 4.69) is 35.6 Å². The van der Waals surface area contributed by atoms with Crippen LogP contribution in [0.15, 0.2) is 30.3 Å². The van der Waals surface area contributed by atoms with Gasteiger partial charge >= 0.3 is 0 Å². The van der Waals surface area contributed by atoms with E-state index in [-0.39, 0.29) is 5.41 Å². The summed E-state index contributed by atoms with van der Waals surface area (Å²) in [5, 5.41) is 3.91. The standard InChI is InChI=1S/C27H38N2S/c28-22-8-10-23(11-9-22)29-25(30)27-15-19-13-26(17-27,21-4-2-1-3-5-21)14-20(16-27)24(19)12-18-6-7-18/h1-5,18-20,22-24H,6-17,28H2,(H,29,30). The van der Waals surface area contributed by atoms with Crippen LogP contribution in [0.25, 0.3) is 0 Å². The van der Waals surface area contributed by atoms with E-state index in [1.54, 1.807) is 5.56 Å². The smallest absolute Gasteiger partial charge is 0.0818 e. The molecular formula is C27H38N2S. The minimum absolute atomic E-state index is 0.247. The van der Waals surface area contributed by atoms with Crippen LogP contribution >= 0.6 is 12.2 Å². The summed E-state index contributed by atoms with van der Waals surface area (Å²) in [6.07, 6.45) is 16.0. The number of thiocarbonyl (C=S) groups is 1. The number of hydrogen-bond donors (Lipinski definition) is 2. The van der Waals surface area contributed by atoms with Crippen LogP contribution in [0.3, 0.4) is 0 Å². The Morgan fingerprint density at radius 1 is 0.933 bits per heavy atom. The van der Waals surface area contributed by atoms with Gasteiger partial charge < -0.3 is 11.1 Å². The summed E-state index contributed by atoms with van der Waals surface area (Å²) >= 11 is 6.25. The molecule has 1 aromatic rings. The Bertz CT molecular complexity index is 776. The molecule has 0 amide bonds. The summed E-state index contributed by atoms with van der Waals surface area (Å²) in [4.78, 5) is 1.22. The Kier molecular flexibility index (Phi) is 4.80. The molecule has 0 radical (unpaired) electrons. The summed E-state index contributed by atoms with van der Waals surface area (Å²) in [7, 11) is 0. The van der Waals surface area contributed by atoms with E-state index < -0.39 is 0 Å². The zero-order chi connectivity index (χ0) is 20.3. The highest BCUT2D eigenvalue weighted by atomic mass is 32.1. The summed E-state index contributed by atoms with van der Waals surface area (Å²) in [6, 6.07) is 12.5. The van der Waals surface area contributed by atoms with Crippen molar-refractivity contribution in [2.75, 3.05) is 0 Å². The van der Waals surface area contributed by atoms with Crippen molar-refractivity contribution in [2.45, 2.75) is 94.5 Å². The molecule has 3 heteroatoms. The number of benzene rings is 1. The molecule has 0 spiro atoms. The first-order valence-electron chi connectivity index (χ1n) is 12.7. The topological polar surface area (TPSA) is 38.0 Å². The number of rotatable bonds is 5. The largest absolute Gasteiger partial charge is 0.376 e. The Hall–Kier alpha value is -0.930. The molecule has 6 fully saturated rings. The second-order valence-electron chi connectivity index (χ2n) is 11.9. The predicted octanol–water partition coefficient (Wildman–Crippen LogP) is 5.74. The van der Waals surface area contributed by atoms with E-state index in [4.69, 9.17) is 18.0 Å². The first-order chi connectivity index (χ1) is 14.6. The van der Waals surface area contributed by atoms with E-state index in [1.807, 2.05) is 0 Å². The zero-order valence-electron chi connectivity index (χ0n) is 18.3. The minimum atomic E-state index is 0.247. The minimum Gasteiger partial charge on any atom is -0.376 e. The molecule has 0 aliphatic heterocycles. The third kappa shape index (κ3) is 3.35. The summed E-state index contributed by atoms with van der Waals surface area (Å²) in [5.74, 6) is 3.78. The van der Waals surface area contributed by atoms with Crippen LogP contribution in [0.1, 0.15) is 82.6 Å². The Morgan fingerprint density at radius 3 is 2.23 bits per heavy atom. The van der Waals surface area contributed by atoms with Crippen molar-refractivity contribution in [3.05, 3.63) is 35.9 Å². The van der Waals surface area contributed by atoms with Crippen LogP contribution in [-0.2, 0) is 5.41 Å². The van der Waals surface area contributed by atoms with Gasteiger partial charge in [0.05, 0.1) is 4.99 Å². The average Bonchev–Trinajstić information content (AvgIpc) is 3.57. The summed E-state index contributed by atoms with van der Waals surface area (Å²) < 4.78 is 0. The van der Waals surface area contributed by atoms with Gasteiger partial charge in [-0.15, -0.1) is 0 Å². The van der Waals surface area contributed by atoms with Crippen LogP contribution in [0, 0.1) is 29.1 Å². The van der Waals surface area contributed by atoms with Gasteiger partial charge in [-0.25, -0.2) is 0 Å². The predicted molar refractivity (Wildman–Crippen MR) is 127 cm³/mol. The van der Waals surface area contributed by atoms with Gasteiger partial charge in [0.25, 0.3) is 0 Å². The van der Waals surface area contributed by atoms with Crippen molar-refractivity contribution in [1.29, 1.82) is 0 Å². The van der Waals surface area contributed by atoms with E-state index >= 15 is 0 Å². The maximum absolute atomic E-state index is 6.25. The lowest BCUT2D eigenvalue weighted by molar-refractivity contribution is -0.0854. The van der Waals surface area contributed by atoms with E-state index in [1.165, 1.54) is 69.2 Å². The molecular weight excluding hydrogens is 384 g/mol. The molecule has 0 heterocycles. The second kappa shape index (κ2) is 7.30. The third-order valence-corrected chi connectivity index (χ3v) is 10.3. The maximum Gasteiger partial charge on any atom is 0.0818 e. The van der Waals surface area contributed by atoms with Crippen molar-refractivity contribution >= 4 is 17.2 Å². The fraction of sp³-hybridized carbons (Fsp3) is 0.741. The van der Waals surface area contributed by atoms with Crippen LogP contribution < -0.4 is 11.1 Å². The van der Waals surface area contributed by atoms with Gasteiger partial charge in [-0.2, -0.15) is 0 Å². The van der Waals surface area contributed by atoms with Gasteiger partial charge in [-0.3, -0.25) is 0 Å². The van der Waals surface area contributed by atoms with Crippen molar-refractivity contribution in [2.24, 2.45) is 34.8 Å².